The van der Waals surface area contributed by atoms with Crippen molar-refractivity contribution in [3.05, 3.63) is 72.9 Å². The Balaban J connectivity index is 4.41. The molecule has 0 aliphatic heterocycles. The molecule has 0 aromatic heterocycles. The van der Waals surface area contributed by atoms with Crippen LogP contribution in [-0.4, -0.2) is 37.2 Å². The van der Waals surface area contributed by atoms with Crippen LogP contribution in [0, 0.1) is 0 Å². The Labute approximate surface area is 421 Å². The molecule has 0 amide bonds. The highest BCUT2D eigenvalue weighted by atomic mass is 16.6. The molecule has 0 aromatic carbocycles. The summed E-state index contributed by atoms with van der Waals surface area (Å²) in [4.78, 5) is 38.2. The molecule has 0 N–H and O–H groups in total. The van der Waals surface area contributed by atoms with Crippen molar-refractivity contribution in [3.8, 4) is 0 Å². The van der Waals surface area contributed by atoms with Gasteiger partial charge in [-0.25, -0.2) is 0 Å². The molecule has 392 valence electrons. The van der Waals surface area contributed by atoms with Crippen molar-refractivity contribution >= 4 is 17.9 Å². The van der Waals surface area contributed by atoms with Gasteiger partial charge in [-0.15, -0.1) is 0 Å². The zero-order valence-corrected chi connectivity index (χ0v) is 44.9. The number of allylic oxidation sites excluding steroid dienone is 12. The lowest BCUT2D eigenvalue weighted by atomic mass is 10.0. The first kappa shape index (κ1) is 64.8. The lowest BCUT2D eigenvalue weighted by molar-refractivity contribution is -0.167. The average Bonchev–Trinajstić information content (AvgIpc) is 3.34. The highest BCUT2D eigenvalue weighted by Gasteiger charge is 2.19. The second-order valence-corrected chi connectivity index (χ2v) is 19.3. The van der Waals surface area contributed by atoms with Crippen molar-refractivity contribution in [1.82, 2.24) is 0 Å². The minimum atomic E-state index is -0.789. The third-order valence-corrected chi connectivity index (χ3v) is 12.5. The Morgan fingerprint density at radius 2 is 0.574 bits per heavy atom. The summed E-state index contributed by atoms with van der Waals surface area (Å²) in [6.45, 7) is 6.55. The van der Waals surface area contributed by atoms with Gasteiger partial charge < -0.3 is 14.2 Å². The SMILES string of the molecule is CCC\C=C/C=C\C=C/C=C\C=C/CCCCCCCC(=O)OC(COC(=O)CCCCCCCCC/C=C\CCCCCCCCCC)COC(=O)CCCCCCCCCCCCCCC. The number of ether oxygens (including phenoxy) is 3. The van der Waals surface area contributed by atoms with Gasteiger partial charge in [-0.2, -0.15) is 0 Å². The molecule has 6 nitrogen and oxygen atoms in total. The van der Waals surface area contributed by atoms with Gasteiger partial charge in [0.15, 0.2) is 6.10 Å². The zero-order valence-electron chi connectivity index (χ0n) is 44.9. The van der Waals surface area contributed by atoms with E-state index in [9.17, 15) is 14.4 Å². The maximum absolute atomic E-state index is 12.9. The van der Waals surface area contributed by atoms with Gasteiger partial charge >= 0.3 is 17.9 Å². The predicted octanol–water partition coefficient (Wildman–Crippen LogP) is 19.4. The molecule has 0 rings (SSSR count). The summed E-state index contributed by atoms with van der Waals surface area (Å²) in [7, 11) is 0. The first-order valence-corrected chi connectivity index (χ1v) is 29.0. The van der Waals surface area contributed by atoms with Crippen molar-refractivity contribution in [2.45, 2.75) is 290 Å². The van der Waals surface area contributed by atoms with E-state index in [0.717, 1.165) is 83.5 Å². The summed E-state index contributed by atoms with van der Waals surface area (Å²) in [5, 5.41) is 0. The van der Waals surface area contributed by atoms with Crippen LogP contribution in [0.5, 0.6) is 0 Å². The van der Waals surface area contributed by atoms with Crippen molar-refractivity contribution in [3.63, 3.8) is 0 Å². The van der Waals surface area contributed by atoms with Crippen LogP contribution in [0.1, 0.15) is 284 Å². The summed E-state index contributed by atoms with van der Waals surface area (Å²) in [6, 6.07) is 0. The first-order chi connectivity index (χ1) is 33.5. The number of hydrogen-bond donors (Lipinski definition) is 0. The standard InChI is InChI=1S/C62H108O6/c1-4-7-10-13-16-19-22-25-27-29-31-33-34-37-40-43-46-49-52-55-61(64)67-58-59(57-66-60(63)54-51-48-45-42-39-36-24-21-18-15-12-9-6-3)68-62(65)56-53-50-47-44-41-38-35-32-30-28-26-23-20-17-14-11-8-5-2/h11,14,17,20,23,26,28-32,35,59H,4-10,12-13,15-16,18-19,21-22,24-25,27,33-34,36-58H2,1-3H3/b14-11-,20-17-,26-23-,30-28-,31-29-,35-32-. The Hall–Kier alpha value is -3.15. The van der Waals surface area contributed by atoms with E-state index < -0.39 is 6.10 Å². The summed E-state index contributed by atoms with van der Waals surface area (Å²) in [5.74, 6) is -0.905. The highest BCUT2D eigenvalue weighted by Crippen LogP contribution is 2.16. The van der Waals surface area contributed by atoms with Gasteiger partial charge in [-0.05, 0) is 64.2 Å². The lowest BCUT2D eigenvalue weighted by Gasteiger charge is -2.18. The van der Waals surface area contributed by atoms with E-state index in [1.54, 1.807) is 0 Å². The Bertz CT molecular complexity index is 1270. The van der Waals surface area contributed by atoms with Crippen LogP contribution >= 0.6 is 0 Å². The molecule has 0 spiro atoms. The van der Waals surface area contributed by atoms with Gasteiger partial charge in [0.05, 0.1) is 0 Å². The van der Waals surface area contributed by atoms with Crippen LogP contribution in [0.15, 0.2) is 72.9 Å². The van der Waals surface area contributed by atoms with Crippen LogP contribution in [0.2, 0.25) is 0 Å². The second kappa shape index (κ2) is 56.4. The molecule has 0 fully saturated rings. The van der Waals surface area contributed by atoms with Crippen LogP contribution in [0.4, 0.5) is 0 Å². The van der Waals surface area contributed by atoms with Gasteiger partial charge in [0.1, 0.15) is 13.2 Å². The molecular formula is C62H108O6. The average molecular weight is 950 g/mol. The molecule has 6 heteroatoms. The van der Waals surface area contributed by atoms with Gasteiger partial charge in [-0.3, -0.25) is 14.4 Å². The molecule has 68 heavy (non-hydrogen) atoms. The Morgan fingerprint density at radius 3 is 0.926 bits per heavy atom. The van der Waals surface area contributed by atoms with Crippen LogP contribution in [0.3, 0.4) is 0 Å². The number of hydrogen-bond acceptors (Lipinski definition) is 6. The monoisotopic (exact) mass is 949 g/mol. The largest absolute Gasteiger partial charge is 0.462 e. The molecule has 0 aliphatic carbocycles. The van der Waals surface area contributed by atoms with Crippen molar-refractivity contribution in [1.29, 1.82) is 0 Å². The smallest absolute Gasteiger partial charge is 0.306 e. The normalized spacial score (nSPS) is 12.6. The van der Waals surface area contributed by atoms with E-state index in [2.05, 4.69) is 69.4 Å². The number of esters is 3. The van der Waals surface area contributed by atoms with Crippen LogP contribution < -0.4 is 0 Å². The van der Waals surface area contributed by atoms with E-state index in [1.165, 1.54) is 161 Å². The van der Waals surface area contributed by atoms with E-state index in [0.29, 0.717) is 19.3 Å². The van der Waals surface area contributed by atoms with Crippen molar-refractivity contribution < 1.29 is 28.6 Å². The molecule has 0 radical (unpaired) electrons. The third kappa shape index (κ3) is 53.8. The van der Waals surface area contributed by atoms with E-state index >= 15 is 0 Å². The van der Waals surface area contributed by atoms with Gasteiger partial charge in [0.25, 0.3) is 0 Å². The molecule has 0 aliphatic rings. The summed E-state index contributed by atoms with van der Waals surface area (Å²) in [6.07, 6.45) is 71.7. The van der Waals surface area contributed by atoms with E-state index in [-0.39, 0.29) is 31.1 Å². The fraction of sp³-hybridized carbons (Fsp3) is 0.758. The zero-order chi connectivity index (χ0) is 49.3. The molecule has 1 atom stereocenters. The lowest BCUT2D eigenvalue weighted by Crippen LogP contribution is -2.30. The number of rotatable bonds is 52. The molecule has 1 unspecified atom stereocenters. The van der Waals surface area contributed by atoms with Crippen molar-refractivity contribution in [2.75, 3.05) is 13.2 Å². The number of unbranched alkanes of at least 4 members (excludes halogenated alkanes) is 33. The molecule has 0 saturated heterocycles. The molecule has 0 saturated carbocycles. The first-order valence-electron chi connectivity index (χ1n) is 29.0. The quantitative estimate of drug-likeness (QED) is 0.0199. The predicted molar refractivity (Wildman–Crippen MR) is 293 cm³/mol. The number of carbonyl (C=O) groups excluding carboxylic acids is 3. The van der Waals surface area contributed by atoms with Gasteiger partial charge in [0, 0.05) is 19.3 Å². The van der Waals surface area contributed by atoms with Crippen LogP contribution in [-0.2, 0) is 28.6 Å². The maximum atomic E-state index is 12.9. The second-order valence-electron chi connectivity index (χ2n) is 19.3. The summed E-state index contributed by atoms with van der Waals surface area (Å²) >= 11 is 0. The molecular weight excluding hydrogens is 841 g/mol. The van der Waals surface area contributed by atoms with Crippen LogP contribution in [0.25, 0.3) is 0 Å². The van der Waals surface area contributed by atoms with E-state index in [4.69, 9.17) is 14.2 Å². The van der Waals surface area contributed by atoms with Gasteiger partial charge in [0.2, 0.25) is 0 Å². The summed E-state index contributed by atoms with van der Waals surface area (Å²) in [5.41, 5.74) is 0. The van der Waals surface area contributed by atoms with E-state index in [1.807, 2.05) is 24.3 Å². The van der Waals surface area contributed by atoms with Gasteiger partial charge in [-0.1, -0.05) is 273 Å². The maximum Gasteiger partial charge on any atom is 0.306 e. The Morgan fingerprint density at radius 1 is 0.294 bits per heavy atom. The third-order valence-electron chi connectivity index (χ3n) is 12.5. The topological polar surface area (TPSA) is 78.9 Å². The number of carbonyl (C=O) groups is 3. The molecule has 0 heterocycles. The molecule has 0 bridgehead atoms. The Kier molecular flexibility index (Phi) is 53.8. The minimum absolute atomic E-state index is 0.0852. The summed E-state index contributed by atoms with van der Waals surface area (Å²) < 4.78 is 16.9. The molecule has 0 aromatic rings. The minimum Gasteiger partial charge on any atom is -0.462 e. The van der Waals surface area contributed by atoms with Crippen molar-refractivity contribution in [2.24, 2.45) is 0 Å². The highest BCUT2D eigenvalue weighted by molar-refractivity contribution is 5.71. The fourth-order valence-corrected chi connectivity index (χ4v) is 8.17. The fourth-order valence-electron chi connectivity index (χ4n) is 8.17.